The lowest BCUT2D eigenvalue weighted by Crippen LogP contribution is -2.10. The first kappa shape index (κ1) is 9.71. The predicted octanol–water partition coefficient (Wildman–Crippen LogP) is 2.30. The van der Waals surface area contributed by atoms with Gasteiger partial charge in [0, 0.05) is 17.5 Å². The van der Waals surface area contributed by atoms with E-state index in [4.69, 9.17) is 0 Å². The summed E-state index contributed by atoms with van der Waals surface area (Å²) in [4.78, 5) is 11.4. The van der Waals surface area contributed by atoms with Gasteiger partial charge in [-0.05, 0) is 24.6 Å². The molecule has 0 fully saturated rings. The molecule has 15 heavy (non-hydrogen) atoms. The zero-order valence-electron chi connectivity index (χ0n) is 8.58. The van der Waals surface area contributed by atoms with Crippen LogP contribution in [-0.2, 0) is 4.79 Å². The van der Waals surface area contributed by atoms with E-state index in [-0.39, 0.29) is 5.91 Å². The number of hydrogen-bond donors (Lipinski definition) is 2. The standard InChI is InChI=1S/C11H13N3O/c1-2-3-11(15)13-9-4-5-10-8(6-9)7-12-14-10/h4-7H,2-3H2,1H3,(H,12,14)(H,13,15). The van der Waals surface area contributed by atoms with Crippen LogP contribution in [0.2, 0.25) is 0 Å². The van der Waals surface area contributed by atoms with Crippen LogP contribution in [-0.4, -0.2) is 16.1 Å². The number of nitrogens with zero attached hydrogens (tertiary/aromatic N) is 1. The number of aromatic amines is 1. The molecule has 0 unspecified atom stereocenters. The summed E-state index contributed by atoms with van der Waals surface area (Å²) in [7, 11) is 0. The molecule has 0 saturated carbocycles. The summed E-state index contributed by atoms with van der Waals surface area (Å²) in [5, 5.41) is 10.6. The second kappa shape index (κ2) is 4.13. The highest BCUT2D eigenvalue weighted by molar-refractivity contribution is 5.93. The lowest BCUT2D eigenvalue weighted by atomic mass is 10.2. The third-order valence-corrected chi connectivity index (χ3v) is 2.20. The number of aromatic nitrogens is 2. The highest BCUT2D eigenvalue weighted by Gasteiger charge is 2.02. The highest BCUT2D eigenvalue weighted by atomic mass is 16.1. The minimum Gasteiger partial charge on any atom is -0.326 e. The molecule has 0 aliphatic rings. The lowest BCUT2D eigenvalue weighted by Gasteiger charge is -2.03. The largest absolute Gasteiger partial charge is 0.326 e. The molecule has 0 atom stereocenters. The Hall–Kier alpha value is -1.84. The van der Waals surface area contributed by atoms with Gasteiger partial charge in [0.1, 0.15) is 0 Å². The van der Waals surface area contributed by atoms with Gasteiger partial charge in [0.05, 0.1) is 11.7 Å². The monoisotopic (exact) mass is 203 g/mol. The van der Waals surface area contributed by atoms with E-state index in [1.165, 1.54) is 0 Å². The van der Waals surface area contributed by atoms with Crippen molar-refractivity contribution in [1.82, 2.24) is 10.2 Å². The Kier molecular flexibility index (Phi) is 2.67. The maximum Gasteiger partial charge on any atom is 0.224 e. The number of amides is 1. The van der Waals surface area contributed by atoms with E-state index in [1.807, 2.05) is 25.1 Å². The number of carbonyl (C=O) groups is 1. The molecule has 0 aliphatic carbocycles. The Bertz CT molecular complexity index is 475. The number of H-pyrrole nitrogens is 1. The SMILES string of the molecule is CCCC(=O)Nc1ccc2[nH]ncc2c1. The molecule has 4 heteroatoms. The van der Waals surface area contributed by atoms with Crippen LogP contribution in [0.4, 0.5) is 5.69 Å². The third kappa shape index (κ3) is 2.15. The summed E-state index contributed by atoms with van der Waals surface area (Å²) < 4.78 is 0. The number of nitrogens with one attached hydrogen (secondary N) is 2. The average molecular weight is 203 g/mol. The van der Waals surface area contributed by atoms with E-state index in [0.717, 1.165) is 23.0 Å². The van der Waals surface area contributed by atoms with Crippen molar-refractivity contribution in [2.24, 2.45) is 0 Å². The second-order valence-corrected chi connectivity index (χ2v) is 3.47. The molecule has 2 aromatic rings. The van der Waals surface area contributed by atoms with Gasteiger partial charge in [-0.15, -0.1) is 0 Å². The second-order valence-electron chi connectivity index (χ2n) is 3.47. The van der Waals surface area contributed by atoms with E-state index < -0.39 is 0 Å². The molecule has 1 aromatic carbocycles. The first-order valence-electron chi connectivity index (χ1n) is 5.02. The molecule has 0 saturated heterocycles. The van der Waals surface area contributed by atoms with Crippen molar-refractivity contribution in [3.8, 4) is 0 Å². The normalized spacial score (nSPS) is 10.5. The van der Waals surface area contributed by atoms with Gasteiger partial charge in [-0.2, -0.15) is 5.10 Å². The predicted molar refractivity (Wildman–Crippen MR) is 59.6 cm³/mol. The number of anilines is 1. The van der Waals surface area contributed by atoms with Crippen molar-refractivity contribution in [2.75, 3.05) is 5.32 Å². The quantitative estimate of drug-likeness (QED) is 0.804. The van der Waals surface area contributed by atoms with Gasteiger partial charge >= 0.3 is 0 Å². The summed E-state index contributed by atoms with van der Waals surface area (Å²) >= 11 is 0. The molecule has 2 rings (SSSR count). The molecule has 0 radical (unpaired) electrons. The maximum atomic E-state index is 11.4. The molecule has 0 bridgehead atoms. The number of fused-ring (bicyclic) bond motifs is 1. The molecule has 1 heterocycles. The van der Waals surface area contributed by atoms with Gasteiger partial charge in [-0.1, -0.05) is 6.92 Å². The molecule has 1 amide bonds. The van der Waals surface area contributed by atoms with Gasteiger partial charge in [-0.3, -0.25) is 9.89 Å². The third-order valence-electron chi connectivity index (χ3n) is 2.20. The Morgan fingerprint density at radius 3 is 3.20 bits per heavy atom. The summed E-state index contributed by atoms with van der Waals surface area (Å²) in [6, 6.07) is 5.68. The summed E-state index contributed by atoms with van der Waals surface area (Å²) in [5.74, 6) is 0.0559. The van der Waals surface area contributed by atoms with E-state index >= 15 is 0 Å². The van der Waals surface area contributed by atoms with Crippen molar-refractivity contribution >= 4 is 22.5 Å². The molecule has 1 aromatic heterocycles. The van der Waals surface area contributed by atoms with Crippen LogP contribution in [0.25, 0.3) is 10.9 Å². The Labute approximate surface area is 87.7 Å². The van der Waals surface area contributed by atoms with Crippen molar-refractivity contribution in [2.45, 2.75) is 19.8 Å². The Morgan fingerprint density at radius 2 is 2.40 bits per heavy atom. The van der Waals surface area contributed by atoms with Crippen LogP contribution < -0.4 is 5.32 Å². The van der Waals surface area contributed by atoms with E-state index in [1.54, 1.807) is 6.20 Å². The zero-order chi connectivity index (χ0) is 10.7. The minimum atomic E-state index is 0.0559. The first-order chi connectivity index (χ1) is 7.29. The summed E-state index contributed by atoms with van der Waals surface area (Å²) in [6.45, 7) is 1.98. The highest BCUT2D eigenvalue weighted by Crippen LogP contribution is 2.16. The van der Waals surface area contributed by atoms with E-state index in [2.05, 4.69) is 15.5 Å². The van der Waals surface area contributed by atoms with Gasteiger partial charge in [0.2, 0.25) is 5.91 Å². The fourth-order valence-electron chi connectivity index (χ4n) is 1.47. The fraction of sp³-hybridized carbons (Fsp3) is 0.273. The van der Waals surface area contributed by atoms with Gasteiger partial charge in [0.15, 0.2) is 0 Å². The van der Waals surface area contributed by atoms with Gasteiger partial charge < -0.3 is 5.32 Å². The summed E-state index contributed by atoms with van der Waals surface area (Å²) in [5.41, 5.74) is 1.80. The van der Waals surface area contributed by atoms with Crippen molar-refractivity contribution in [3.63, 3.8) is 0 Å². The van der Waals surface area contributed by atoms with Crippen LogP contribution in [0.1, 0.15) is 19.8 Å². The van der Waals surface area contributed by atoms with Crippen molar-refractivity contribution in [1.29, 1.82) is 0 Å². The Balaban J connectivity index is 2.17. The number of benzene rings is 1. The van der Waals surface area contributed by atoms with Crippen LogP contribution in [0.3, 0.4) is 0 Å². The van der Waals surface area contributed by atoms with Gasteiger partial charge in [-0.25, -0.2) is 0 Å². The molecule has 78 valence electrons. The summed E-state index contributed by atoms with van der Waals surface area (Å²) in [6.07, 6.45) is 3.16. The molecular weight excluding hydrogens is 190 g/mol. The van der Waals surface area contributed by atoms with Crippen LogP contribution in [0.15, 0.2) is 24.4 Å². The first-order valence-corrected chi connectivity index (χ1v) is 5.02. The van der Waals surface area contributed by atoms with E-state index in [0.29, 0.717) is 6.42 Å². The number of hydrogen-bond acceptors (Lipinski definition) is 2. The van der Waals surface area contributed by atoms with Crippen molar-refractivity contribution < 1.29 is 4.79 Å². The van der Waals surface area contributed by atoms with Crippen LogP contribution in [0.5, 0.6) is 0 Å². The maximum absolute atomic E-state index is 11.4. The van der Waals surface area contributed by atoms with E-state index in [9.17, 15) is 4.79 Å². The minimum absolute atomic E-state index is 0.0559. The number of rotatable bonds is 3. The smallest absolute Gasteiger partial charge is 0.224 e. The molecule has 4 nitrogen and oxygen atoms in total. The Morgan fingerprint density at radius 1 is 1.53 bits per heavy atom. The van der Waals surface area contributed by atoms with Crippen LogP contribution >= 0.6 is 0 Å². The van der Waals surface area contributed by atoms with Crippen molar-refractivity contribution in [3.05, 3.63) is 24.4 Å². The molecule has 0 aliphatic heterocycles. The zero-order valence-corrected chi connectivity index (χ0v) is 8.58. The topological polar surface area (TPSA) is 57.8 Å². The molecular formula is C11H13N3O. The fourth-order valence-corrected chi connectivity index (χ4v) is 1.47. The lowest BCUT2D eigenvalue weighted by molar-refractivity contribution is -0.116. The number of carbonyl (C=O) groups excluding carboxylic acids is 1. The molecule has 0 spiro atoms. The van der Waals surface area contributed by atoms with Crippen LogP contribution in [0, 0.1) is 0 Å². The average Bonchev–Trinajstić information content (AvgIpc) is 2.65. The van der Waals surface area contributed by atoms with Gasteiger partial charge in [0.25, 0.3) is 0 Å². The molecule has 2 N–H and O–H groups in total.